The van der Waals surface area contributed by atoms with Crippen LogP contribution in [0.1, 0.15) is 59.3 Å². The monoisotopic (exact) mass is 238 g/mol. The molecule has 17 heavy (non-hydrogen) atoms. The summed E-state index contributed by atoms with van der Waals surface area (Å²) in [6.45, 7) is 9.48. The van der Waals surface area contributed by atoms with Crippen molar-refractivity contribution in [2.45, 2.75) is 77.4 Å². The van der Waals surface area contributed by atoms with Crippen LogP contribution in [-0.2, 0) is 0 Å². The summed E-state index contributed by atoms with van der Waals surface area (Å²) in [6, 6.07) is 2.48. The Bertz CT molecular complexity index is 223. The molecular weight excluding hydrogens is 208 g/mol. The number of nitrogens with one attached hydrogen (secondary N) is 1. The fraction of sp³-hybridized carbons (Fsp3) is 1.00. The maximum atomic E-state index is 3.80. The van der Waals surface area contributed by atoms with Crippen molar-refractivity contribution in [1.29, 1.82) is 0 Å². The van der Waals surface area contributed by atoms with Crippen LogP contribution < -0.4 is 5.32 Å². The van der Waals surface area contributed by atoms with E-state index < -0.39 is 0 Å². The molecule has 0 aromatic rings. The van der Waals surface area contributed by atoms with Crippen LogP contribution in [0, 0.1) is 5.92 Å². The van der Waals surface area contributed by atoms with E-state index in [0.29, 0.717) is 0 Å². The molecule has 0 spiro atoms. The van der Waals surface area contributed by atoms with Gasteiger partial charge in [0.25, 0.3) is 0 Å². The molecule has 0 aliphatic heterocycles. The minimum atomic E-state index is 0.756. The zero-order chi connectivity index (χ0) is 12.3. The summed E-state index contributed by atoms with van der Waals surface area (Å²) in [5, 5.41) is 3.80. The highest BCUT2D eigenvalue weighted by molar-refractivity contribution is 4.96. The molecule has 2 aliphatic carbocycles. The third kappa shape index (κ3) is 3.45. The van der Waals surface area contributed by atoms with Crippen molar-refractivity contribution in [1.82, 2.24) is 10.2 Å². The Morgan fingerprint density at radius 2 is 1.88 bits per heavy atom. The van der Waals surface area contributed by atoms with Crippen molar-refractivity contribution in [2.75, 3.05) is 13.1 Å². The third-order valence-corrected chi connectivity index (χ3v) is 4.54. The average molecular weight is 238 g/mol. The minimum Gasteiger partial charge on any atom is -0.312 e. The van der Waals surface area contributed by atoms with Gasteiger partial charge in [0.2, 0.25) is 0 Å². The normalized spacial score (nSPS) is 34.2. The third-order valence-electron chi connectivity index (χ3n) is 4.54. The summed E-state index contributed by atoms with van der Waals surface area (Å²) in [5.74, 6) is 0.924. The van der Waals surface area contributed by atoms with Crippen LogP contribution in [0.25, 0.3) is 0 Å². The second-order valence-corrected chi connectivity index (χ2v) is 6.11. The summed E-state index contributed by atoms with van der Waals surface area (Å²) < 4.78 is 0. The van der Waals surface area contributed by atoms with Crippen LogP contribution in [-0.4, -0.2) is 36.1 Å². The van der Waals surface area contributed by atoms with Crippen molar-refractivity contribution in [3.8, 4) is 0 Å². The first kappa shape index (κ1) is 13.4. The summed E-state index contributed by atoms with van der Waals surface area (Å²) in [6.07, 6.45) is 8.35. The molecule has 2 saturated carbocycles. The van der Waals surface area contributed by atoms with E-state index in [1.165, 1.54) is 51.6 Å². The summed E-state index contributed by atoms with van der Waals surface area (Å²) in [4.78, 5) is 2.79. The molecule has 2 nitrogen and oxygen atoms in total. The van der Waals surface area contributed by atoms with Crippen molar-refractivity contribution in [2.24, 2.45) is 5.92 Å². The fourth-order valence-electron chi connectivity index (χ4n) is 3.45. The second kappa shape index (κ2) is 6.19. The van der Waals surface area contributed by atoms with Crippen LogP contribution in [0.15, 0.2) is 0 Å². The van der Waals surface area contributed by atoms with Gasteiger partial charge in [-0.1, -0.05) is 20.8 Å². The van der Waals surface area contributed by atoms with Crippen molar-refractivity contribution in [3.63, 3.8) is 0 Å². The van der Waals surface area contributed by atoms with Gasteiger partial charge in [0, 0.05) is 18.1 Å². The lowest BCUT2D eigenvalue weighted by Gasteiger charge is -2.42. The molecule has 0 bridgehead atoms. The summed E-state index contributed by atoms with van der Waals surface area (Å²) in [5.41, 5.74) is 0. The molecule has 1 N–H and O–H groups in total. The predicted molar refractivity (Wildman–Crippen MR) is 74.3 cm³/mol. The molecule has 2 rings (SSSR count). The van der Waals surface area contributed by atoms with Gasteiger partial charge in [-0.3, -0.25) is 4.90 Å². The maximum absolute atomic E-state index is 3.80. The zero-order valence-corrected chi connectivity index (χ0v) is 11.9. The topological polar surface area (TPSA) is 15.3 Å². The number of likely N-dealkylation sites (N-methyl/N-ethyl adjacent to an activating group) is 1. The first-order valence-corrected chi connectivity index (χ1v) is 7.75. The Morgan fingerprint density at radius 3 is 2.47 bits per heavy atom. The van der Waals surface area contributed by atoms with Gasteiger partial charge in [-0.05, 0) is 57.5 Å². The van der Waals surface area contributed by atoms with Gasteiger partial charge in [-0.25, -0.2) is 0 Å². The Labute approximate surface area is 107 Å². The quantitative estimate of drug-likeness (QED) is 0.765. The maximum Gasteiger partial charge on any atom is 0.0254 e. The van der Waals surface area contributed by atoms with Crippen LogP contribution in [0.2, 0.25) is 0 Å². The molecule has 0 aromatic heterocycles. The number of hydrogen-bond acceptors (Lipinski definition) is 2. The van der Waals surface area contributed by atoms with E-state index in [-0.39, 0.29) is 0 Å². The van der Waals surface area contributed by atoms with Gasteiger partial charge >= 0.3 is 0 Å². The lowest BCUT2D eigenvalue weighted by atomic mass is 9.82. The lowest BCUT2D eigenvalue weighted by molar-refractivity contribution is 0.0988. The van der Waals surface area contributed by atoms with E-state index in [0.717, 1.165) is 24.0 Å². The average Bonchev–Trinajstić information content (AvgIpc) is 3.13. The molecule has 2 fully saturated rings. The zero-order valence-electron chi connectivity index (χ0n) is 11.9. The first-order chi connectivity index (χ1) is 8.26. The molecule has 2 heteroatoms. The highest BCUT2D eigenvalue weighted by Crippen LogP contribution is 2.35. The smallest absolute Gasteiger partial charge is 0.0254 e. The molecule has 3 unspecified atom stereocenters. The molecule has 0 radical (unpaired) electrons. The van der Waals surface area contributed by atoms with Gasteiger partial charge in [0.15, 0.2) is 0 Å². The Balaban J connectivity index is 1.96. The molecule has 0 heterocycles. The van der Waals surface area contributed by atoms with E-state index in [1.807, 2.05) is 0 Å². The fourth-order valence-corrected chi connectivity index (χ4v) is 3.45. The number of hydrogen-bond donors (Lipinski definition) is 1. The summed E-state index contributed by atoms with van der Waals surface area (Å²) >= 11 is 0. The second-order valence-electron chi connectivity index (χ2n) is 6.11. The van der Waals surface area contributed by atoms with Crippen molar-refractivity contribution >= 4 is 0 Å². The van der Waals surface area contributed by atoms with E-state index in [1.54, 1.807) is 0 Å². The molecule has 2 aliphatic rings. The van der Waals surface area contributed by atoms with Crippen molar-refractivity contribution in [3.05, 3.63) is 0 Å². The standard InChI is InChI=1S/C15H30N2/c1-4-10-16-14-9-6-12(3)11-15(14)17(5-2)13-7-8-13/h12-16H,4-11H2,1-3H3. The predicted octanol–water partition coefficient (Wildman–Crippen LogP) is 3.03. The van der Waals surface area contributed by atoms with E-state index in [4.69, 9.17) is 0 Å². The van der Waals surface area contributed by atoms with Crippen LogP contribution in [0.5, 0.6) is 0 Å². The van der Waals surface area contributed by atoms with E-state index >= 15 is 0 Å². The van der Waals surface area contributed by atoms with Gasteiger partial charge in [0.05, 0.1) is 0 Å². The van der Waals surface area contributed by atoms with Gasteiger partial charge in [0.1, 0.15) is 0 Å². The Kier molecular flexibility index (Phi) is 4.87. The largest absolute Gasteiger partial charge is 0.312 e. The Hall–Kier alpha value is -0.0800. The highest BCUT2D eigenvalue weighted by Gasteiger charge is 2.38. The van der Waals surface area contributed by atoms with E-state index in [2.05, 4.69) is 31.0 Å². The van der Waals surface area contributed by atoms with E-state index in [9.17, 15) is 0 Å². The number of rotatable bonds is 6. The Morgan fingerprint density at radius 1 is 1.12 bits per heavy atom. The van der Waals surface area contributed by atoms with Crippen LogP contribution in [0.4, 0.5) is 0 Å². The summed E-state index contributed by atoms with van der Waals surface area (Å²) in [7, 11) is 0. The molecule has 0 saturated heterocycles. The van der Waals surface area contributed by atoms with Gasteiger partial charge < -0.3 is 5.32 Å². The van der Waals surface area contributed by atoms with Gasteiger partial charge in [-0.15, -0.1) is 0 Å². The highest BCUT2D eigenvalue weighted by atomic mass is 15.2. The molecular formula is C15H30N2. The SMILES string of the molecule is CCCNC1CCC(C)CC1N(CC)C1CC1. The first-order valence-electron chi connectivity index (χ1n) is 7.75. The molecule has 0 aromatic carbocycles. The van der Waals surface area contributed by atoms with Crippen molar-refractivity contribution < 1.29 is 0 Å². The van der Waals surface area contributed by atoms with Crippen LogP contribution >= 0.6 is 0 Å². The molecule has 100 valence electrons. The van der Waals surface area contributed by atoms with Gasteiger partial charge in [-0.2, -0.15) is 0 Å². The molecule has 0 amide bonds. The number of nitrogens with zero attached hydrogens (tertiary/aromatic N) is 1. The molecule has 3 atom stereocenters. The minimum absolute atomic E-state index is 0.756. The lowest BCUT2D eigenvalue weighted by Crippen LogP contribution is -2.53. The van der Waals surface area contributed by atoms with Crippen LogP contribution in [0.3, 0.4) is 0 Å².